The predicted molar refractivity (Wildman–Crippen MR) is 58.0 cm³/mol. The molecule has 1 saturated carbocycles. The summed E-state index contributed by atoms with van der Waals surface area (Å²) in [5, 5.41) is 3.43. The number of halogens is 1. The van der Waals surface area contributed by atoms with E-state index in [-0.39, 0.29) is 5.91 Å². The van der Waals surface area contributed by atoms with Gasteiger partial charge in [-0.3, -0.25) is 4.79 Å². The fourth-order valence-electron chi connectivity index (χ4n) is 2.04. The Morgan fingerprint density at radius 2 is 2.08 bits per heavy atom. The van der Waals surface area contributed by atoms with Gasteiger partial charge in [0.1, 0.15) is 0 Å². The molecule has 1 fully saturated rings. The molecular formula is C10H18BrNO. The zero-order valence-corrected chi connectivity index (χ0v) is 9.77. The summed E-state index contributed by atoms with van der Waals surface area (Å²) in [7, 11) is 0. The zero-order chi connectivity index (χ0) is 9.68. The Morgan fingerprint density at radius 3 is 2.62 bits per heavy atom. The van der Waals surface area contributed by atoms with Crippen LogP contribution < -0.4 is 5.32 Å². The number of carbonyl (C=O) groups is 1. The van der Waals surface area contributed by atoms with Crippen LogP contribution in [0.1, 0.15) is 39.0 Å². The Morgan fingerprint density at radius 1 is 1.46 bits per heavy atom. The summed E-state index contributed by atoms with van der Waals surface area (Å²) in [4.78, 5) is 11.1. The van der Waals surface area contributed by atoms with Crippen LogP contribution in [0.15, 0.2) is 0 Å². The number of alkyl halides is 1. The van der Waals surface area contributed by atoms with Crippen molar-refractivity contribution in [3.63, 3.8) is 0 Å². The number of hydrogen-bond donors (Lipinski definition) is 1. The van der Waals surface area contributed by atoms with Gasteiger partial charge in [-0.2, -0.15) is 0 Å². The van der Waals surface area contributed by atoms with Gasteiger partial charge in [-0.1, -0.05) is 35.2 Å². The van der Waals surface area contributed by atoms with Gasteiger partial charge >= 0.3 is 0 Å². The van der Waals surface area contributed by atoms with Gasteiger partial charge in [0.25, 0.3) is 0 Å². The third kappa shape index (κ3) is 3.67. The highest BCUT2D eigenvalue weighted by Gasteiger charge is 2.20. The molecule has 1 aliphatic rings. The summed E-state index contributed by atoms with van der Waals surface area (Å²) in [5.41, 5.74) is 0. The highest BCUT2D eigenvalue weighted by molar-refractivity contribution is 9.09. The van der Waals surface area contributed by atoms with E-state index in [2.05, 4.69) is 28.2 Å². The Balaban J connectivity index is 2.28. The second-order valence-electron chi connectivity index (χ2n) is 3.89. The molecule has 2 nitrogen and oxygen atoms in total. The minimum atomic E-state index is 0.109. The van der Waals surface area contributed by atoms with Crippen LogP contribution in [0.3, 0.4) is 0 Å². The van der Waals surface area contributed by atoms with Crippen LogP contribution in [0.4, 0.5) is 0 Å². The maximum absolute atomic E-state index is 11.1. The number of nitrogens with one attached hydrogen (secondary N) is 1. The van der Waals surface area contributed by atoms with Gasteiger partial charge in [0.15, 0.2) is 0 Å². The number of amides is 1. The van der Waals surface area contributed by atoms with Crippen LogP contribution >= 0.6 is 15.9 Å². The molecule has 0 aliphatic heterocycles. The van der Waals surface area contributed by atoms with Crippen LogP contribution in [0.2, 0.25) is 0 Å². The fraction of sp³-hybridized carbons (Fsp3) is 0.900. The molecule has 0 unspecified atom stereocenters. The first-order valence-electron chi connectivity index (χ1n) is 5.09. The average Bonchev–Trinajstić information content (AvgIpc) is 2.19. The van der Waals surface area contributed by atoms with E-state index in [0.29, 0.717) is 17.3 Å². The molecule has 0 aromatic heterocycles. The lowest BCUT2D eigenvalue weighted by molar-refractivity contribution is -0.119. The van der Waals surface area contributed by atoms with E-state index in [0.717, 1.165) is 0 Å². The van der Waals surface area contributed by atoms with E-state index in [9.17, 15) is 4.79 Å². The van der Waals surface area contributed by atoms with Crippen LogP contribution in [0, 0.1) is 5.92 Å². The number of hydrogen-bond acceptors (Lipinski definition) is 1. The van der Waals surface area contributed by atoms with Crippen molar-refractivity contribution in [2.45, 2.75) is 45.1 Å². The van der Waals surface area contributed by atoms with E-state index in [1.807, 2.05) is 0 Å². The molecule has 1 amide bonds. The standard InChI is InChI=1S/C10H18BrNO/c1-8(12-10(13)7-11)9-5-3-2-4-6-9/h8-9H,2-7H2,1H3,(H,12,13)/t8-/m0/s1. The van der Waals surface area contributed by atoms with Gasteiger partial charge in [0, 0.05) is 6.04 Å². The first-order chi connectivity index (χ1) is 6.24. The molecule has 13 heavy (non-hydrogen) atoms. The van der Waals surface area contributed by atoms with Crippen molar-refractivity contribution in [3.05, 3.63) is 0 Å². The molecule has 0 saturated heterocycles. The van der Waals surface area contributed by atoms with Crippen LogP contribution in [-0.4, -0.2) is 17.3 Å². The summed E-state index contributed by atoms with van der Waals surface area (Å²) >= 11 is 3.16. The Hall–Kier alpha value is -0.0500. The van der Waals surface area contributed by atoms with Crippen molar-refractivity contribution in [2.75, 3.05) is 5.33 Å². The van der Waals surface area contributed by atoms with Gasteiger partial charge in [0.2, 0.25) is 5.91 Å². The molecule has 0 spiro atoms. The van der Waals surface area contributed by atoms with Crippen molar-refractivity contribution in [2.24, 2.45) is 5.92 Å². The fourth-order valence-corrected chi connectivity index (χ4v) is 2.21. The van der Waals surface area contributed by atoms with E-state index < -0.39 is 0 Å². The van der Waals surface area contributed by atoms with Gasteiger partial charge in [-0.05, 0) is 25.7 Å². The molecular weight excluding hydrogens is 230 g/mol. The van der Waals surface area contributed by atoms with E-state index in [1.54, 1.807) is 0 Å². The smallest absolute Gasteiger partial charge is 0.230 e. The Kier molecular flexibility index (Phi) is 4.78. The summed E-state index contributed by atoms with van der Waals surface area (Å²) in [6.45, 7) is 2.12. The Labute approximate surface area is 88.6 Å². The molecule has 0 radical (unpaired) electrons. The second-order valence-corrected chi connectivity index (χ2v) is 4.45. The molecule has 0 bridgehead atoms. The molecule has 76 valence electrons. The normalized spacial score (nSPS) is 21.1. The van der Waals surface area contributed by atoms with Crippen molar-refractivity contribution < 1.29 is 4.79 Å². The van der Waals surface area contributed by atoms with Crippen molar-refractivity contribution in [1.82, 2.24) is 5.32 Å². The maximum atomic E-state index is 11.1. The minimum Gasteiger partial charge on any atom is -0.353 e. The van der Waals surface area contributed by atoms with Crippen molar-refractivity contribution in [1.29, 1.82) is 0 Å². The zero-order valence-electron chi connectivity index (χ0n) is 8.18. The average molecular weight is 248 g/mol. The highest BCUT2D eigenvalue weighted by atomic mass is 79.9. The lowest BCUT2D eigenvalue weighted by Gasteiger charge is -2.28. The van der Waals surface area contributed by atoms with Gasteiger partial charge in [-0.15, -0.1) is 0 Å². The van der Waals surface area contributed by atoms with Crippen LogP contribution in [0.25, 0.3) is 0 Å². The predicted octanol–water partition coefficient (Wildman–Crippen LogP) is 2.47. The lowest BCUT2D eigenvalue weighted by atomic mass is 9.84. The van der Waals surface area contributed by atoms with Gasteiger partial charge in [-0.25, -0.2) is 0 Å². The first-order valence-corrected chi connectivity index (χ1v) is 6.21. The number of carbonyl (C=O) groups excluding carboxylic acids is 1. The summed E-state index contributed by atoms with van der Waals surface area (Å²) < 4.78 is 0. The molecule has 1 atom stereocenters. The third-order valence-electron chi connectivity index (χ3n) is 2.87. The molecule has 0 aromatic rings. The topological polar surface area (TPSA) is 29.1 Å². The molecule has 0 heterocycles. The monoisotopic (exact) mass is 247 g/mol. The van der Waals surface area contributed by atoms with Crippen LogP contribution in [-0.2, 0) is 4.79 Å². The summed E-state index contributed by atoms with van der Waals surface area (Å²) in [6.07, 6.45) is 6.60. The van der Waals surface area contributed by atoms with Crippen LogP contribution in [0.5, 0.6) is 0 Å². The molecule has 1 N–H and O–H groups in total. The largest absolute Gasteiger partial charge is 0.353 e. The summed E-state index contributed by atoms with van der Waals surface area (Å²) in [5.74, 6) is 0.815. The maximum Gasteiger partial charge on any atom is 0.230 e. The van der Waals surface area contributed by atoms with Gasteiger partial charge < -0.3 is 5.32 Å². The first kappa shape index (κ1) is 11.0. The second kappa shape index (κ2) is 5.63. The highest BCUT2D eigenvalue weighted by Crippen LogP contribution is 2.26. The van der Waals surface area contributed by atoms with E-state index >= 15 is 0 Å². The van der Waals surface area contributed by atoms with E-state index in [4.69, 9.17) is 0 Å². The minimum absolute atomic E-state index is 0.109. The van der Waals surface area contributed by atoms with E-state index in [1.165, 1.54) is 32.1 Å². The molecule has 0 aromatic carbocycles. The number of rotatable bonds is 3. The quantitative estimate of drug-likeness (QED) is 0.764. The molecule has 3 heteroatoms. The van der Waals surface area contributed by atoms with Crippen molar-refractivity contribution >= 4 is 21.8 Å². The lowest BCUT2D eigenvalue weighted by Crippen LogP contribution is -2.39. The van der Waals surface area contributed by atoms with Gasteiger partial charge in [0.05, 0.1) is 5.33 Å². The molecule has 1 rings (SSSR count). The SMILES string of the molecule is C[C@H](NC(=O)CBr)C1CCCCC1. The Bertz CT molecular complexity index is 166. The summed E-state index contributed by atoms with van der Waals surface area (Å²) in [6, 6.07) is 0.352. The third-order valence-corrected chi connectivity index (χ3v) is 3.38. The van der Waals surface area contributed by atoms with Crippen molar-refractivity contribution in [3.8, 4) is 0 Å². The molecule has 1 aliphatic carbocycles.